The van der Waals surface area contributed by atoms with E-state index in [1.165, 1.54) is 77.0 Å². The van der Waals surface area contributed by atoms with E-state index in [1.807, 2.05) is 24.3 Å². The zero-order valence-corrected chi connectivity index (χ0v) is 24.1. The van der Waals surface area contributed by atoms with Crippen LogP contribution in [-0.2, 0) is 0 Å². The van der Waals surface area contributed by atoms with Gasteiger partial charge in [0.1, 0.15) is 17.2 Å². The van der Waals surface area contributed by atoms with Crippen molar-refractivity contribution in [3.63, 3.8) is 0 Å². The van der Waals surface area contributed by atoms with Gasteiger partial charge in [0.25, 0.3) is 0 Å². The summed E-state index contributed by atoms with van der Waals surface area (Å²) in [4.78, 5) is 12.6. The molecule has 2 aromatic carbocycles. The molecule has 210 valence electrons. The smallest absolute Gasteiger partial charge is 0.343 e. The lowest BCUT2D eigenvalue weighted by Crippen LogP contribution is -2.20. The molecule has 1 unspecified atom stereocenters. The first-order chi connectivity index (χ1) is 18.6. The minimum Gasteiger partial charge on any atom is -0.494 e. The van der Waals surface area contributed by atoms with Crippen molar-refractivity contribution < 1.29 is 19.0 Å². The highest BCUT2D eigenvalue weighted by molar-refractivity contribution is 5.91. The molecule has 4 heteroatoms. The molecule has 1 atom stereocenters. The van der Waals surface area contributed by atoms with E-state index in [2.05, 4.69) is 20.8 Å². The Hall–Kier alpha value is -2.49. The number of carbonyl (C=O) groups is 1. The second-order valence-electron chi connectivity index (χ2n) is 11.3. The van der Waals surface area contributed by atoms with Gasteiger partial charge in [0.2, 0.25) is 0 Å². The Morgan fingerprint density at radius 1 is 0.763 bits per heavy atom. The minimum absolute atomic E-state index is 0.368. The van der Waals surface area contributed by atoms with Crippen LogP contribution in [0.25, 0.3) is 0 Å². The van der Waals surface area contributed by atoms with Crippen molar-refractivity contribution in [2.45, 2.75) is 104 Å². The van der Waals surface area contributed by atoms with Gasteiger partial charge in [-0.15, -0.1) is 0 Å². The highest BCUT2D eigenvalue weighted by Crippen LogP contribution is 2.32. The van der Waals surface area contributed by atoms with Gasteiger partial charge in [0.05, 0.1) is 18.8 Å². The van der Waals surface area contributed by atoms with Crippen LogP contribution >= 0.6 is 0 Å². The van der Waals surface area contributed by atoms with Crippen LogP contribution < -0.4 is 14.2 Å². The summed E-state index contributed by atoms with van der Waals surface area (Å²) >= 11 is 0. The third-order valence-electron chi connectivity index (χ3n) is 8.10. The molecule has 0 radical (unpaired) electrons. The number of rotatable bonds is 17. The van der Waals surface area contributed by atoms with Crippen LogP contribution in [0.1, 0.15) is 115 Å². The molecule has 1 fully saturated rings. The molecule has 3 rings (SSSR count). The molecule has 38 heavy (non-hydrogen) atoms. The topological polar surface area (TPSA) is 44.8 Å². The summed E-state index contributed by atoms with van der Waals surface area (Å²) in [6, 6.07) is 14.6. The fourth-order valence-electron chi connectivity index (χ4n) is 5.21. The maximum absolute atomic E-state index is 12.6. The van der Waals surface area contributed by atoms with E-state index in [0.29, 0.717) is 23.8 Å². The monoisotopic (exact) mass is 522 g/mol. The van der Waals surface area contributed by atoms with Gasteiger partial charge in [-0.2, -0.15) is 0 Å². The summed E-state index contributed by atoms with van der Waals surface area (Å²) in [5, 5.41) is 0. The normalized spacial score (nSPS) is 18.1. The maximum atomic E-state index is 12.6. The molecule has 4 nitrogen and oxygen atoms in total. The van der Waals surface area contributed by atoms with Gasteiger partial charge >= 0.3 is 5.97 Å². The third-order valence-corrected chi connectivity index (χ3v) is 8.10. The summed E-state index contributed by atoms with van der Waals surface area (Å²) in [7, 11) is 0. The van der Waals surface area contributed by atoms with Crippen LogP contribution in [-0.4, -0.2) is 19.2 Å². The number of esters is 1. The van der Waals surface area contributed by atoms with E-state index in [4.69, 9.17) is 14.2 Å². The Labute approximate surface area is 231 Å². The van der Waals surface area contributed by atoms with Crippen molar-refractivity contribution in [2.24, 2.45) is 17.8 Å². The number of benzene rings is 2. The Bertz CT molecular complexity index is 897. The molecule has 0 saturated heterocycles. The summed E-state index contributed by atoms with van der Waals surface area (Å²) in [6.07, 6.45) is 16.8. The predicted molar refractivity (Wildman–Crippen MR) is 156 cm³/mol. The van der Waals surface area contributed by atoms with E-state index >= 15 is 0 Å². The number of ether oxygens (including phenoxy) is 3. The zero-order chi connectivity index (χ0) is 27.0. The Morgan fingerprint density at radius 2 is 1.39 bits per heavy atom. The van der Waals surface area contributed by atoms with Crippen molar-refractivity contribution in [1.29, 1.82) is 0 Å². The van der Waals surface area contributed by atoms with Crippen LogP contribution in [0.2, 0.25) is 0 Å². The number of carbonyl (C=O) groups excluding carboxylic acids is 1. The third kappa shape index (κ3) is 11.1. The van der Waals surface area contributed by atoms with Crippen molar-refractivity contribution >= 4 is 5.97 Å². The lowest BCUT2D eigenvalue weighted by Gasteiger charge is -2.28. The largest absolute Gasteiger partial charge is 0.494 e. The fourth-order valence-corrected chi connectivity index (χ4v) is 5.21. The van der Waals surface area contributed by atoms with Gasteiger partial charge in [-0.05, 0) is 85.5 Å². The van der Waals surface area contributed by atoms with Crippen LogP contribution in [0, 0.1) is 17.8 Å². The minimum atomic E-state index is -0.368. The Kier molecular flexibility index (Phi) is 13.6. The SMILES string of the molecule is CCCCCC1CCC(COc2ccc(C(=O)Oc3ccc(OCCCCCC(C)CC)cc3)cc2)CC1. The molecule has 0 bridgehead atoms. The lowest BCUT2D eigenvalue weighted by molar-refractivity contribution is 0.0734. The van der Waals surface area contributed by atoms with E-state index in [0.717, 1.165) is 36.4 Å². The molecule has 0 aromatic heterocycles. The average Bonchev–Trinajstić information content (AvgIpc) is 2.95. The molecule has 0 amide bonds. The number of unbranched alkanes of at least 4 members (excludes halogenated alkanes) is 4. The molecule has 0 spiro atoms. The van der Waals surface area contributed by atoms with Crippen LogP contribution in [0.4, 0.5) is 0 Å². The number of hydrogen-bond donors (Lipinski definition) is 0. The molecule has 1 aliphatic carbocycles. The van der Waals surface area contributed by atoms with Gasteiger partial charge in [-0.25, -0.2) is 4.79 Å². The summed E-state index contributed by atoms with van der Waals surface area (Å²) in [6.45, 7) is 8.32. The molecule has 0 aliphatic heterocycles. The lowest BCUT2D eigenvalue weighted by atomic mass is 9.80. The van der Waals surface area contributed by atoms with Gasteiger partial charge in [-0.1, -0.05) is 85.0 Å². The predicted octanol–water partition coefficient (Wildman–Crippen LogP) is 9.66. The standard InChI is InChI=1S/C34H50O4/c1-4-6-8-12-28-13-15-29(16-14-28)26-37-32-19-17-30(18-20-32)34(35)38-33-23-21-31(22-24-33)36-25-10-7-9-11-27(3)5-2/h17-24,27-29H,4-16,25-26H2,1-3H3. The van der Waals surface area contributed by atoms with Crippen molar-refractivity contribution in [2.75, 3.05) is 13.2 Å². The molecule has 1 saturated carbocycles. The van der Waals surface area contributed by atoms with Gasteiger partial charge in [-0.3, -0.25) is 0 Å². The summed E-state index contributed by atoms with van der Waals surface area (Å²) in [5.74, 6) is 4.14. The molecule has 1 aliphatic rings. The number of hydrogen-bond acceptors (Lipinski definition) is 4. The van der Waals surface area contributed by atoms with E-state index in [1.54, 1.807) is 24.3 Å². The van der Waals surface area contributed by atoms with Crippen molar-refractivity contribution in [3.05, 3.63) is 54.1 Å². The summed E-state index contributed by atoms with van der Waals surface area (Å²) < 4.78 is 17.4. The van der Waals surface area contributed by atoms with Gasteiger partial charge in [0, 0.05) is 0 Å². The van der Waals surface area contributed by atoms with Gasteiger partial charge in [0.15, 0.2) is 0 Å². The average molecular weight is 523 g/mol. The molecular formula is C34H50O4. The summed E-state index contributed by atoms with van der Waals surface area (Å²) in [5.41, 5.74) is 0.516. The molecular weight excluding hydrogens is 472 g/mol. The first kappa shape index (κ1) is 30.1. The fraction of sp³-hybridized carbons (Fsp3) is 0.618. The van der Waals surface area contributed by atoms with E-state index < -0.39 is 0 Å². The second kappa shape index (κ2) is 17.2. The Balaban J connectivity index is 1.32. The van der Waals surface area contributed by atoms with Crippen LogP contribution in [0.15, 0.2) is 48.5 Å². The van der Waals surface area contributed by atoms with Crippen molar-refractivity contribution in [3.8, 4) is 17.2 Å². The van der Waals surface area contributed by atoms with Crippen molar-refractivity contribution in [1.82, 2.24) is 0 Å². The maximum Gasteiger partial charge on any atom is 0.343 e. The molecule has 0 heterocycles. The molecule has 0 N–H and O–H groups in total. The van der Waals surface area contributed by atoms with E-state index in [9.17, 15) is 4.79 Å². The first-order valence-electron chi connectivity index (χ1n) is 15.2. The molecule has 2 aromatic rings. The quantitative estimate of drug-likeness (QED) is 0.118. The first-order valence-corrected chi connectivity index (χ1v) is 15.2. The van der Waals surface area contributed by atoms with E-state index in [-0.39, 0.29) is 5.97 Å². The van der Waals surface area contributed by atoms with Crippen LogP contribution in [0.3, 0.4) is 0 Å². The Morgan fingerprint density at radius 3 is 2.08 bits per heavy atom. The highest BCUT2D eigenvalue weighted by Gasteiger charge is 2.21. The van der Waals surface area contributed by atoms with Gasteiger partial charge < -0.3 is 14.2 Å². The van der Waals surface area contributed by atoms with Crippen LogP contribution in [0.5, 0.6) is 17.2 Å². The highest BCUT2D eigenvalue weighted by atomic mass is 16.5. The second-order valence-corrected chi connectivity index (χ2v) is 11.3. The zero-order valence-electron chi connectivity index (χ0n) is 24.1.